The minimum absolute atomic E-state index is 0.337. The van der Waals surface area contributed by atoms with Crippen LogP contribution in [-0.2, 0) is 9.53 Å². The molecule has 0 bridgehead atoms. The Labute approximate surface area is 147 Å². The number of hydrogen-bond donors (Lipinski definition) is 0. The molecule has 24 heavy (non-hydrogen) atoms. The number of carbonyl (C=O) groups is 1. The molecule has 2 rings (SSSR count). The van der Waals surface area contributed by atoms with Gasteiger partial charge in [-0.25, -0.2) is 9.18 Å². The van der Waals surface area contributed by atoms with Crippen molar-refractivity contribution in [3.63, 3.8) is 0 Å². The van der Waals surface area contributed by atoms with E-state index in [1.807, 2.05) is 0 Å². The second-order valence-electron chi connectivity index (χ2n) is 8.05. The first-order valence-corrected chi connectivity index (χ1v) is 10.5. The molecule has 1 atom stereocenters. The van der Waals surface area contributed by atoms with Crippen LogP contribution >= 0.6 is 0 Å². The topological polar surface area (TPSA) is 26.3 Å². The molecule has 0 N–H and O–H groups in total. The van der Waals surface area contributed by atoms with E-state index in [-0.39, 0.29) is 5.60 Å². The predicted molar refractivity (Wildman–Crippen MR) is 96.8 cm³/mol. The first-order chi connectivity index (χ1) is 11.7. The number of unbranched alkanes of at least 4 members (excludes halogenated alkanes) is 4. The number of halogens is 1. The van der Waals surface area contributed by atoms with Crippen molar-refractivity contribution >= 4 is 5.97 Å². The Balaban J connectivity index is 1.84. The van der Waals surface area contributed by atoms with E-state index in [1.165, 1.54) is 38.5 Å². The highest BCUT2D eigenvalue weighted by Gasteiger charge is 2.44. The Morgan fingerprint density at radius 1 is 1.00 bits per heavy atom. The van der Waals surface area contributed by atoms with Gasteiger partial charge in [-0.2, -0.15) is 0 Å². The second-order valence-corrected chi connectivity index (χ2v) is 8.05. The van der Waals surface area contributed by atoms with Gasteiger partial charge < -0.3 is 4.74 Å². The van der Waals surface area contributed by atoms with Gasteiger partial charge in [-0.1, -0.05) is 58.3 Å². The van der Waals surface area contributed by atoms with Crippen LogP contribution in [0.1, 0.15) is 110 Å². The average Bonchev–Trinajstić information content (AvgIpc) is 2.63. The van der Waals surface area contributed by atoms with Gasteiger partial charge in [0, 0.05) is 0 Å². The summed E-state index contributed by atoms with van der Waals surface area (Å²) in [5, 5.41) is 0. The van der Waals surface area contributed by atoms with Gasteiger partial charge in [0.1, 0.15) is 5.60 Å². The third-order valence-corrected chi connectivity index (χ3v) is 6.17. The summed E-state index contributed by atoms with van der Waals surface area (Å²) in [6, 6.07) is 0. The third kappa shape index (κ3) is 5.74. The summed E-state index contributed by atoms with van der Waals surface area (Å²) >= 11 is 0. The van der Waals surface area contributed by atoms with Crippen LogP contribution < -0.4 is 0 Å². The average molecular weight is 341 g/mol. The van der Waals surface area contributed by atoms with Crippen molar-refractivity contribution in [3.8, 4) is 0 Å². The molecule has 2 aliphatic carbocycles. The van der Waals surface area contributed by atoms with Crippen molar-refractivity contribution in [1.82, 2.24) is 0 Å². The van der Waals surface area contributed by atoms with Gasteiger partial charge in [0.25, 0.3) is 0 Å². The number of rotatable bonds is 9. The number of hydrogen-bond acceptors (Lipinski definition) is 2. The Hall–Kier alpha value is -0.600. The molecule has 2 nitrogen and oxygen atoms in total. The minimum Gasteiger partial charge on any atom is -0.457 e. The molecule has 0 unspecified atom stereocenters. The summed E-state index contributed by atoms with van der Waals surface area (Å²) in [7, 11) is 0. The van der Waals surface area contributed by atoms with Crippen LogP contribution in [-0.4, -0.2) is 17.7 Å². The number of alkyl halides is 1. The van der Waals surface area contributed by atoms with E-state index in [0.717, 1.165) is 57.8 Å². The summed E-state index contributed by atoms with van der Waals surface area (Å²) in [5.74, 6) is -0.106. The zero-order valence-electron chi connectivity index (χ0n) is 15.7. The zero-order valence-corrected chi connectivity index (χ0v) is 15.7. The molecule has 0 aliphatic heterocycles. The maximum Gasteiger partial charge on any atom is 0.341 e. The second kappa shape index (κ2) is 10.4. The smallest absolute Gasteiger partial charge is 0.341 e. The summed E-state index contributed by atoms with van der Waals surface area (Å²) in [6.07, 6.45) is 15.7. The largest absolute Gasteiger partial charge is 0.457 e. The van der Waals surface area contributed by atoms with E-state index in [0.29, 0.717) is 12.3 Å². The molecule has 0 amide bonds. The SMILES string of the molecule is CCCCCCC[C@@H](F)C(=O)OC1(C2CCCCC2)CCCCC1. The fourth-order valence-corrected chi connectivity index (χ4v) is 4.68. The first-order valence-electron chi connectivity index (χ1n) is 10.5. The molecular weight excluding hydrogens is 303 g/mol. The molecule has 0 heterocycles. The van der Waals surface area contributed by atoms with Crippen LogP contribution in [0.4, 0.5) is 4.39 Å². The molecule has 3 heteroatoms. The van der Waals surface area contributed by atoms with Crippen molar-refractivity contribution < 1.29 is 13.9 Å². The fourth-order valence-electron chi connectivity index (χ4n) is 4.68. The van der Waals surface area contributed by atoms with Gasteiger partial charge >= 0.3 is 5.97 Å². The number of esters is 1. The van der Waals surface area contributed by atoms with Crippen LogP contribution in [0.2, 0.25) is 0 Å². The van der Waals surface area contributed by atoms with Crippen molar-refractivity contribution in [1.29, 1.82) is 0 Å². The summed E-state index contributed by atoms with van der Waals surface area (Å²) < 4.78 is 20.3. The van der Waals surface area contributed by atoms with Crippen LogP contribution in [0.25, 0.3) is 0 Å². The normalized spacial score (nSPS) is 22.9. The molecule has 2 saturated carbocycles. The van der Waals surface area contributed by atoms with E-state index in [2.05, 4.69) is 6.92 Å². The van der Waals surface area contributed by atoms with E-state index in [4.69, 9.17) is 4.74 Å². The highest BCUT2D eigenvalue weighted by Crippen LogP contribution is 2.44. The van der Waals surface area contributed by atoms with Crippen LogP contribution in [0.3, 0.4) is 0 Å². The van der Waals surface area contributed by atoms with E-state index in [9.17, 15) is 9.18 Å². The fraction of sp³-hybridized carbons (Fsp3) is 0.952. The lowest BCUT2D eigenvalue weighted by Gasteiger charge is -2.44. The quantitative estimate of drug-likeness (QED) is 0.353. The van der Waals surface area contributed by atoms with Crippen molar-refractivity contribution in [2.45, 2.75) is 121 Å². The maximum absolute atomic E-state index is 14.3. The standard InChI is InChI=1S/C21H37FO2/c1-2-3-4-5-10-15-19(22)20(23)24-21(16-11-7-12-17-21)18-13-8-6-9-14-18/h18-19H,2-17H2,1H3/t19-/m1/s1. The highest BCUT2D eigenvalue weighted by atomic mass is 19.1. The van der Waals surface area contributed by atoms with Gasteiger partial charge in [-0.3, -0.25) is 0 Å². The lowest BCUT2D eigenvalue weighted by atomic mass is 9.69. The Bertz CT molecular complexity index is 357. The molecule has 0 aromatic carbocycles. The van der Waals surface area contributed by atoms with Crippen molar-refractivity contribution in [2.75, 3.05) is 0 Å². The Kier molecular flexibility index (Phi) is 8.55. The van der Waals surface area contributed by atoms with Crippen LogP contribution in [0, 0.1) is 5.92 Å². The maximum atomic E-state index is 14.3. The molecule has 140 valence electrons. The van der Waals surface area contributed by atoms with Crippen molar-refractivity contribution in [2.24, 2.45) is 5.92 Å². The first kappa shape index (κ1) is 19.7. The van der Waals surface area contributed by atoms with Gasteiger partial charge in [0.05, 0.1) is 0 Å². The molecule has 2 aliphatic rings. The molecule has 0 saturated heterocycles. The number of carbonyl (C=O) groups excluding carboxylic acids is 1. The van der Waals surface area contributed by atoms with Gasteiger partial charge in [-0.15, -0.1) is 0 Å². The van der Waals surface area contributed by atoms with E-state index >= 15 is 0 Å². The third-order valence-electron chi connectivity index (χ3n) is 6.17. The number of ether oxygens (including phenoxy) is 1. The highest BCUT2D eigenvalue weighted by molar-refractivity contribution is 5.75. The van der Waals surface area contributed by atoms with E-state index < -0.39 is 12.1 Å². The van der Waals surface area contributed by atoms with Gasteiger partial charge in [-0.05, 0) is 57.3 Å². The van der Waals surface area contributed by atoms with Crippen molar-refractivity contribution in [3.05, 3.63) is 0 Å². The minimum atomic E-state index is -1.42. The van der Waals surface area contributed by atoms with Crippen LogP contribution in [0.5, 0.6) is 0 Å². The summed E-state index contributed by atoms with van der Waals surface area (Å²) in [5.41, 5.74) is -0.345. The zero-order chi connectivity index (χ0) is 17.3. The molecule has 0 spiro atoms. The Morgan fingerprint density at radius 3 is 2.29 bits per heavy atom. The molecule has 0 radical (unpaired) electrons. The lowest BCUT2D eigenvalue weighted by molar-refractivity contribution is -0.179. The molecule has 0 aromatic heterocycles. The molecular formula is C21H37FO2. The van der Waals surface area contributed by atoms with E-state index in [1.54, 1.807) is 0 Å². The predicted octanol–water partition coefficient (Wildman–Crippen LogP) is 6.51. The summed E-state index contributed by atoms with van der Waals surface area (Å²) in [6.45, 7) is 2.17. The lowest BCUT2D eigenvalue weighted by Crippen LogP contribution is -2.46. The van der Waals surface area contributed by atoms with Gasteiger partial charge in [0.15, 0.2) is 6.17 Å². The summed E-state index contributed by atoms with van der Waals surface area (Å²) in [4.78, 5) is 12.4. The van der Waals surface area contributed by atoms with Gasteiger partial charge in [0.2, 0.25) is 0 Å². The Morgan fingerprint density at radius 2 is 1.62 bits per heavy atom. The molecule has 0 aromatic rings. The van der Waals surface area contributed by atoms with Crippen LogP contribution in [0.15, 0.2) is 0 Å². The monoisotopic (exact) mass is 340 g/mol. The molecule has 2 fully saturated rings.